The highest BCUT2D eigenvalue weighted by Crippen LogP contribution is 2.17. The van der Waals surface area contributed by atoms with Gasteiger partial charge < -0.3 is 19.7 Å². The molecule has 2 heterocycles. The average molecular weight is 474 g/mol. The van der Waals surface area contributed by atoms with Crippen molar-refractivity contribution in [2.75, 3.05) is 53.0 Å². The Bertz CT molecular complexity index is 578. The molecule has 6 nitrogen and oxygen atoms in total. The van der Waals surface area contributed by atoms with Crippen molar-refractivity contribution in [2.24, 2.45) is 4.99 Å². The Morgan fingerprint density at radius 2 is 2.12 bits per heavy atom. The largest absolute Gasteiger partial charge is 0.494 e. The molecule has 26 heavy (non-hydrogen) atoms. The quantitative estimate of drug-likeness (QED) is 0.403. The molecular formula is C19H31IN4O2. The Labute approximate surface area is 173 Å². The van der Waals surface area contributed by atoms with Crippen LogP contribution < -0.4 is 10.1 Å². The summed E-state index contributed by atoms with van der Waals surface area (Å²) in [6.07, 6.45) is 1.19. The fraction of sp³-hybridized carbons (Fsp3) is 0.632. The molecule has 2 saturated heterocycles. The normalized spacial score (nSPS) is 21.4. The van der Waals surface area contributed by atoms with Crippen molar-refractivity contribution < 1.29 is 9.47 Å². The molecule has 1 atom stereocenters. The van der Waals surface area contributed by atoms with E-state index in [1.54, 1.807) is 0 Å². The smallest absolute Gasteiger partial charge is 0.193 e. The lowest BCUT2D eigenvalue weighted by molar-refractivity contribution is 0.0195. The van der Waals surface area contributed by atoms with Crippen LogP contribution in [0.1, 0.15) is 18.9 Å². The number of ether oxygens (including phenoxy) is 2. The second-order valence-corrected chi connectivity index (χ2v) is 6.52. The minimum atomic E-state index is 0. The molecule has 7 heteroatoms. The molecule has 0 spiro atoms. The van der Waals surface area contributed by atoms with Crippen molar-refractivity contribution in [2.45, 2.75) is 25.9 Å². The lowest BCUT2D eigenvalue weighted by Gasteiger charge is -2.32. The van der Waals surface area contributed by atoms with Gasteiger partial charge in [0.2, 0.25) is 0 Å². The van der Waals surface area contributed by atoms with Crippen LogP contribution in [0.5, 0.6) is 5.75 Å². The Hall–Kier alpha value is -1.06. The highest BCUT2D eigenvalue weighted by atomic mass is 127. The van der Waals surface area contributed by atoms with Crippen LogP contribution in [0.2, 0.25) is 0 Å². The maximum Gasteiger partial charge on any atom is 0.193 e. The van der Waals surface area contributed by atoms with Crippen molar-refractivity contribution in [3.05, 3.63) is 29.8 Å². The second-order valence-electron chi connectivity index (χ2n) is 6.52. The third kappa shape index (κ3) is 5.72. The van der Waals surface area contributed by atoms with E-state index in [0.717, 1.165) is 57.6 Å². The van der Waals surface area contributed by atoms with Crippen LogP contribution in [0, 0.1) is 0 Å². The first-order chi connectivity index (χ1) is 12.3. The maximum atomic E-state index is 5.58. The van der Waals surface area contributed by atoms with Crippen molar-refractivity contribution in [3.63, 3.8) is 0 Å². The van der Waals surface area contributed by atoms with Gasteiger partial charge in [0.15, 0.2) is 5.96 Å². The van der Waals surface area contributed by atoms with Crippen LogP contribution in [0.4, 0.5) is 0 Å². The number of aliphatic imine (C=N–C) groups is 1. The SMILES string of the molecule is CCOc1cccc(CNC(=NC)N2CCC(N3CCOCC3)C2)c1.I. The van der Waals surface area contributed by atoms with Crippen molar-refractivity contribution in [1.82, 2.24) is 15.1 Å². The molecule has 1 aromatic carbocycles. The number of hydrogen-bond donors (Lipinski definition) is 1. The van der Waals surface area contributed by atoms with E-state index in [-0.39, 0.29) is 24.0 Å². The van der Waals surface area contributed by atoms with E-state index in [0.29, 0.717) is 12.6 Å². The van der Waals surface area contributed by atoms with Crippen LogP contribution in [0.25, 0.3) is 0 Å². The maximum absolute atomic E-state index is 5.58. The third-order valence-corrected chi connectivity index (χ3v) is 4.90. The van der Waals surface area contributed by atoms with E-state index in [9.17, 15) is 0 Å². The van der Waals surface area contributed by atoms with Crippen molar-refractivity contribution >= 4 is 29.9 Å². The van der Waals surface area contributed by atoms with Crippen LogP contribution in [-0.2, 0) is 11.3 Å². The molecule has 0 amide bonds. The van der Waals surface area contributed by atoms with E-state index in [4.69, 9.17) is 9.47 Å². The molecule has 1 N–H and O–H groups in total. The Balaban J connectivity index is 0.00000243. The number of halogens is 1. The second kappa shape index (κ2) is 10.9. The zero-order chi connectivity index (χ0) is 17.5. The van der Waals surface area contributed by atoms with Gasteiger partial charge in [0.05, 0.1) is 19.8 Å². The summed E-state index contributed by atoms with van der Waals surface area (Å²) in [5.41, 5.74) is 1.20. The first-order valence-corrected chi connectivity index (χ1v) is 9.29. The monoisotopic (exact) mass is 474 g/mol. The molecule has 2 aliphatic heterocycles. The van der Waals surface area contributed by atoms with E-state index in [2.05, 4.69) is 32.2 Å². The lowest BCUT2D eigenvalue weighted by atomic mass is 10.2. The van der Waals surface area contributed by atoms with Gasteiger partial charge in [0, 0.05) is 45.8 Å². The fourth-order valence-electron chi connectivity index (χ4n) is 3.60. The van der Waals surface area contributed by atoms with Gasteiger partial charge in [0.1, 0.15) is 5.75 Å². The number of nitrogens with one attached hydrogen (secondary N) is 1. The molecule has 0 radical (unpaired) electrons. The van der Waals surface area contributed by atoms with Gasteiger partial charge >= 0.3 is 0 Å². The zero-order valence-corrected chi connectivity index (χ0v) is 18.1. The summed E-state index contributed by atoms with van der Waals surface area (Å²) in [5.74, 6) is 1.91. The zero-order valence-electron chi connectivity index (χ0n) is 15.8. The summed E-state index contributed by atoms with van der Waals surface area (Å²) in [7, 11) is 1.86. The van der Waals surface area contributed by atoms with Crippen LogP contribution in [0.15, 0.2) is 29.3 Å². The minimum absolute atomic E-state index is 0. The van der Waals surface area contributed by atoms with E-state index < -0.39 is 0 Å². The van der Waals surface area contributed by atoms with Crippen molar-refractivity contribution in [1.29, 1.82) is 0 Å². The molecule has 0 bridgehead atoms. The lowest BCUT2D eigenvalue weighted by Crippen LogP contribution is -2.46. The number of rotatable bonds is 5. The summed E-state index contributed by atoms with van der Waals surface area (Å²) >= 11 is 0. The minimum Gasteiger partial charge on any atom is -0.494 e. The van der Waals surface area contributed by atoms with Crippen LogP contribution in [-0.4, -0.2) is 74.8 Å². The topological polar surface area (TPSA) is 49.3 Å². The number of benzene rings is 1. The Morgan fingerprint density at radius 3 is 2.85 bits per heavy atom. The summed E-state index contributed by atoms with van der Waals surface area (Å²) in [5, 5.41) is 3.50. The van der Waals surface area contributed by atoms with Gasteiger partial charge in [-0.2, -0.15) is 0 Å². The first-order valence-electron chi connectivity index (χ1n) is 9.29. The Morgan fingerprint density at radius 1 is 1.31 bits per heavy atom. The number of likely N-dealkylation sites (tertiary alicyclic amines) is 1. The molecule has 146 valence electrons. The average Bonchev–Trinajstić information content (AvgIpc) is 3.14. The van der Waals surface area contributed by atoms with Gasteiger partial charge in [-0.25, -0.2) is 0 Å². The molecule has 0 saturated carbocycles. The van der Waals surface area contributed by atoms with Crippen LogP contribution in [0.3, 0.4) is 0 Å². The van der Waals surface area contributed by atoms with Crippen molar-refractivity contribution in [3.8, 4) is 5.75 Å². The number of hydrogen-bond acceptors (Lipinski definition) is 4. The fourth-order valence-corrected chi connectivity index (χ4v) is 3.60. The molecule has 0 aliphatic carbocycles. The molecule has 1 aromatic rings. The van der Waals surface area contributed by atoms with Gasteiger partial charge in [-0.3, -0.25) is 9.89 Å². The Kier molecular flexibility index (Phi) is 8.94. The summed E-state index contributed by atoms with van der Waals surface area (Å²) in [6, 6.07) is 8.85. The molecule has 1 unspecified atom stereocenters. The third-order valence-electron chi connectivity index (χ3n) is 4.90. The van der Waals surface area contributed by atoms with Crippen LogP contribution >= 0.6 is 24.0 Å². The van der Waals surface area contributed by atoms with E-state index >= 15 is 0 Å². The first kappa shape index (κ1) is 21.2. The number of morpholine rings is 1. The highest BCUT2D eigenvalue weighted by molar-refractivity contribution is 14.0. The molecule has 2 fully saturated rings. The molecule has 3 rings (SSSR count). The highest BCUT2D eigenvalue weighted by Gasteiger charge is 2.30. The standard InChI is InChI=1S/C19H30N4O2.HI/c1-3-25-18-6-4-5-16(13-18)14-21-19(20-2)23-8-7-17(15-23)22-9-11-24-12-10-22;/h4-6,13,17H,3,7-12,14-15H2,1-2H3,(H,20,21);1H. The van der Waals surface area contributed by atoms with Gasteiger partial charge in [-0.1, -0.05) is 12.1 Å². The number of guanidine groups is 1. The van der Waals surface area contributed by atoms with Gasteiger partial charge in [0.25, 0.3) is 0 Å². The molecular weight excluding hydrogens is 443 g/mol. The molecule has 2 aliphatic rings. The predicted octanol–water partition coefficient (Wildman–Crippen LogP) is 2.19. The van der Waals surface area contributed by atoms with E-state index in [1.165, 1.54) is 12.0 Å². The number of nitrogens with zero attached hydrogens (tertiary/aromatic N) is 3. The molecule has 0 aromatic heterocycles. The van der Waals surface area contributed by atoms with E-state index in [1.807, 2.05) is 26.1 Å². The summed E-state index contributed by atoms with van der Waals surface area (Å²) in [6.45, 7) is 9.37. The predicted molar refractivity (Wildman–Crippen MR) is 116 cm³/mol. The summed E-state index contributed by atoms with van der Waals surface area (Å²) in [4.78, 5) is 9.41. The summed E-state index contributed by atoms with van der Waals surface area (Å²) < 4.78 is 11.0. The van der Waals surface area contributed by atoms with Gasteiger partial charge in [-0.05, 0) is 31.0 Å². The van der Waals surface area contributed by atoms with Gasteiger partial charge in [-0.15, -0.1) is 24.0 Å².